The number of benzene rings is 4. The SMILES string of the molecule is CCc1ccccc1N=C1SC(=Cc2c(OC)ccc3ccccc23)C(=O)N1c1ccccc1CC. The zero-order valence-electron chi connectivity index (χ0n) is 20.7. The van der Waals surface area contributed by atoms with Gasteiger partial charge in [-0.25, -0.2) is 4.99 Å². The van der Waals surface area contributed by atoms with E-state index in [9.17, 15) is 4.79 Å². The van der Waals surface area contributed by atoms with Gasteiger partial charge in [-0.05, 0) is 70.8 Å². The second-order valence-corrected chi connectivity index (χ2v) is 9.52. The number of aliphatic imine (C=N–C) groups is 1. The van der Waals surface area contributed by atoms with Gasteiger partial charge < -0.3 is 4.74 Å². The predicted octanol–water partition coefficient (Wildman–Crippen LogP) is 7.78. The molecule has 0 aromatic heterocycles. The molecule has 1 aliphatic rings. The molecule has 4 nitrogen and oxygen atoms in total. The monoisotopic (exact) mass is 492 g/mol. The minimum absolute atomic E-state index is 0.0800. The Morgan fingerprint density at radius 1 is 0.861 bits per heavy atom. The number of anilines is 1. The van der Waals surface area contributed by atoms with Gasteiger partial charge in [-0.2, -0.15) is 0 Å². The molecule has 0 N–H and O–H groups in total. The van der Waals surface area contributed by atoms with Crippen LogP contribution in [0.1, 0.15) is 30.5 Å². The lowest BCUT2D eigenvalue weighted by Crippen LogP contribution is -2.29. The van der Waals surface area contributed by atoms with Gasteiger partial charge in [0.1, 0.15) is 5.75 Å². The van der Waals surface area contributed by atoms with Crippen molar-refractivity contribution in [3.05, 3.63) is 107 Å². The van der Waals surface area contributed by atoms with Crippen LogP contribution in [0.2, 0.25) is 0 Å². The third kappa shape index (κ3) is 4.42. The fourth-order valence-corrected chi connectivity index (χ4v) is 5.51. The number of carbonyl (C=O) groups is 1. The van der Waals surface area contributed by atoms with E-state index in [0.717, 1.165) is 57.4 Å². The van der Waals surface area contributed by atoms with Crippen LogP contribution < -0.4 is 9.64 Å². The highest BCUT2D eigenvalue weighted by atomic mass is 32.2. The summed E-state index contributed by atoms with van der Waals surface area (Å²) in [6.45, 7) is 4.22. The zero-order chi connectivity index (χ0) is 25.1. The number of amidine groups is 1. The Kier molecular flexibility index (Phi) is 6.92. The summed E-state index contributed by atoms with van der Waals surface area (Å²) in [5.74, 6) is 0.653. The van der Waals surface area contributed by atoms with Crippen LogP contribution in [-0.4, -0.2) is 18.2 Å². The van der Waals surface area contributed by atoms with Crippen LogP contribution in [0.3, 0.4) is 0 Å². The van der Waals surface area contributed by atoms with E-state index in [1.807, 2.05) is 66.7 Å². The fourth-order valence-electron chi connectivity index (χ4n) is 4.54. The lowest BCUT2D eigenvalue weighted by atomic mass is 10.0. The first-order chi connectivity index (χ1) is 17.6. The Bertz CT molecular complexity index is 1510. The lowest BCUT2D eigenvalue weighted by molar-refractivity contribution is -0.113. The fraction of sp³-hybridized carbons (Fsp3) is 0.161. The summed E-state index contributed by atoms with van der Waals surface area (Å²) in [5.41, 5.74) is 4.91. The summed E-state index contributed by atoms with van der Waals surface area (Å²) >= 11 is 1.41. The van der Waals surface area contributed by atoms with Crippen molar-refractivity contribution in [1.29, 1.82) is 0 Å². The number of para-hydroxylation sites is 2. The van der Waals surface area contributed by atoms with Crippen LogP contribution >= 0.6 is 11.8 Å². The van der Waals surface area contributed by atoms with Crippen LogP contribution in [0.5, 0.6) is 5.75 Å². The van der Waals surface area contributed by atoms with E-state index >= 15 is 0 Å². The van der Waals surface area contributed by atoms with Crippen LogP contribution in [-0.2, 0) is 17.6 Å². The molecular formula is C31H28N2O2S. The van der Waals surface area contributed by atoms with Crippen LogP contribution in [0, 0.1) is 0 Å². The molecule has 0 unspecified atom stereocenters. The van der Waals surface area contributed by atoms with Gasteiger partial charge in [-0.1, -0.05) is 80.6 Å². The summed E-state index contributed by atoms with van der Waals surface area (Å²) in [4.78, 5) is 21.4. The van der Waals surface area contributed by atoms with E-state index in [1.54, 1.807) is 12.0 Å². The first-order valence-electron chi connectivity index (χ1n) is 12.2. The van der Waals surface area contributed by atoms with Gasteiger partial charge in [0.15, 0.2) is 5.17 Å². The Labute approximate surface area is 216 Å². The van der Waals surface area contributed by atoms with Crippen molar-refractivity contribution in [2.45, 2.75) is 26.7 Å². The van der Waals surface area contributed by atoms with E-state index in [0.29, 0.717) is 10.1 Å². The second kappa shape index (κ2) is 10.4. The standard InChI is InChI=1S/C31H28N2O2S/c1-4-21-12-7-10-16-26(21)32-31-33(27-17-11-8-13-22(27)5-2)30(34)29(36-31)20-25-24-15-9-6-14-23(24)18-19-28(25)35-3/h6-20H,4-5H2,1-3H3. The molecule has 4 aromatic carbocycles. The summed E-state index contributed by atoms with van der Waals surface area (Å²) in [6, 6.07) is 28.3. The molecule has 0 spiro atoms. The largest absolute Gasteiger partial charge is 0.496 e. The third-order valence-corrected chi connectivity index (χ3v) is 7.40. The molecule has 4 aromatic rings. The summed E-state index contributed by atoms with van der Waals surface area (Å²) < 4.78 is 5.69. The minimum Gasteiger partial charge on any atom is -0.496 e. The number of ether oxygens (including phenoxy) is 1. The smallest absolute Gasteiger partial charge is 0.271 e. The number of methoxy groups -OCH3 is 1. The average molecular weight is 493 g/mol. The number of hydrogen-bond donors (Lipinski definition) is 0. The highest BCUT2D eigenvalue weighted by molar-refractivity contribution is 8.19. The summed E-state index contributed by atoms with van der Waals surface area (Å²) in [7, 11) is 1.66. The molecule has 36 heavy (non-hydrogen) atoms. The molecular weight excluding hydrogens is 464 g/mol. The Hall–Kier alpha value is -3.83. The number of nitrogens with zero attached hydrogens (tertiary/aromatic N) is 2. The molecule has 0 atom stereocenters. The van der Waals surface area contributed by atoms with Crippen molar-refractivity contribution in [3.63, 3.8) is 0 Å². The molecule has 0 bridgehead atoms. The maximum Gasteiger partial charge on any atom is 0.271 e. The van der Waals surface area contributed by atoms with Crippen molar-refractivity contribution in [1.82, 2.24) is 0 Å². The highest BCUT2D eigenvalue weighted by Gasteiger charge is 2.36. The van der Waals surface area contributed by atoms with Crippen molar-refractivity contribution in [2.24, 2.45) is 4.99 Å². The first kappa shape index (κ1) is 23.9. The number of fused-ring (bicyclic) bond motifs is 1. The highest BCUT2D eigenvalue weighted by Crippen LogP contribution is 2.41. The number of amides is 1. The molecule has 1 aliphatic heterocycles. The van der Waals surface area contributed by atoms with Gasteiger partial charge in [0.05, 0.1) is 23.4 Å². The number of hydrogen-bond acceptors (Lipinski definition) is 4. The normalized spacial score (nSPS) is 15.9. The molecule has 5 rings (SSSR count). The third-order valence-electron chi connectivity index (χ3n) is 6.43. The molecule has 1 amide bonds. The van der Waals surface area contributed by atoms with Gasteiger partial charge in [0.2, 0.25) is 0 Å². The maximum absolute atomic E-state index is 14.0. The molecule has 0 saturated carbocycles. The lowest BCUT2D eigenvalue weighted by Gasteiger charge is -2.19. The Morgan fingerprint density at radius 3 is 2.33 bits per heavy atom. The van der Waals surface area contributed by atoms with E-state index < -0.39 is 0 Å². The first-order valence-corrected chi connectivity index (χ1v) is 13.0. The molecule has 0 aliphatic carbocycles. The molecule has 0 radical (unpaired) electrons. The summed E-state index contributed by atoms with van der Waals surface area (Å²) in [5, 5.41) is 2.80. The van der Waals surface area contributed by atoms with E-state index in [2.05, 4.69) is 38.1 Å². The van der Waals surface area contributed by atoms with E-state index in [-0.39, 0.29) is 5.91 Å². The molecule has 180 valence electrons. The minimum atomic E-state index is -0.0800. The van der Waals surface area contributed by atoms with Crippen molar-refractivity contribution in [3.8, 4) is 5.75 Å². The molecule has 5 heteroatoms. The van der Waals surface area contributed by atoms with Crippen molar-refractivity contribution < 1.29 is 9.53 Å². The number of aryl methyl sites for hydroxylation is 2. The van der Waals surface area contributed by atoms with Gasteiger partial charge >= 0.3 is 0 Å². The van der Waals surface area contributed by atoms with Crippen molar-refractivity contribution in [2.75, 3.05) is 12.0 Å². The summed E-state index contributed by atoms with van der Waals surface area (Å²) in [6.07, 6.45) is 3.64. The van der Waals surface area contributed by atoms with Crippen molar-refractivity contribution >= 4 is 51.1 Å². The average Bonchev–Trinajstić information content (AvgIpc) is 3.23. The zero-order valence-corrected chi connectivity index (χ0v) is 21.5. The van der Waals surface area contributed by atoms with Gasteiger partial charge in [0, 0.05) is 5.56 Å². The van der Waals surface area contributed by atoms with E-state index in [4.69, 9.17) is 9.73 Å². The van der Waals surface area contributed by atoms with Crippen LogP contribution in [0.15, 0.2) is 94.8 Å². The van der Waals surface area contributed by atoms with Gasteiger partial charge in [0.25, 0.3) is 5.91 Å². The molecule has 1 fully saturated rings. The maximum atomic E-state index is 14.0. The molecule has 1 saturated heterocycles. The second-order valence-electron chi connectivity index (χ2n) is 8.51. The number of thioether (sulfide) groups is 1. The Morgan fingerprint density at radius 2 is 1.56 bits per heavy atom. The van der Waals surface area contributed by atoms with Gasteiger partial charge in [-0.3, -0.25) is 9.69 Å². The molecule has 1 heterocycles. The van der Waals surface area contributed by atoms with Gasteiger partial charge in [-0.15, -0.1) is 0 Å². The number of rotatable bonds is 6. The quantitative estimate of drug-likeness (QED) is 0.258. The Balaban J connectivity index is 1.69. The van der Waals surface area contributed by atoms with Crippen LogP contribution in [0.4, 0.5) is 11.4 Å². The van der Waals surface area contributed by atoms with E-state index in [1.165, 1.54) is 11.8 Å². The predicted molar refractivity (Wildman–Crippen MR) is 152 cm³/mol. The number of carbonyl (C=O) groups excluding carboxylic acids is 1. The van der Waals surface area contributed by atoms with Crippen LogP contribution in [0.25, 0.3) is 16.8 Å². The topological polar surface area (TPSA) is 41.9 Å².